The van der Waals surface area contributed by atoms with Crippen LogP contribution in [0, 0.1) is 11.7 Å². The van der Waals surface area contributed by atoms with Crippen molar-refractivity contribution in [1.82, 2.24) is 4.31 Å². The summed E-state index contributed by atoms with van der Waals surface area (Å²) in [5.41, 5.74) is 2.05. The molecule has 2 aromatic carbocycles. The fraction of sp³-hybridized carbons (Fsp3) is 0.381. The lowest BCUT2D eigenvalue weighted by Crippen LogP contribution is -2.42. The maximum absolute atomic E-state index is 13.8. The van der Waals surface area contributed by atoms with Crippen molar-refractivity contribution in [2.75, 3.05) is 18.4 Å². The minimum absolute atomic E-state index is 0.0768. The average molecular weight is 405 g/mol. The van der Waals surface area contributed by atoms with Gasteiger partial charge in [-0.1, -0.05) is 43.3 Å². The van der Waals surface area contributed by atoms with Gasteiger partial charge < -0.3 is 5.32 Å². The Morgan fingerprint density at radius 3 is 2.32 bits per heavy atom. The summed E-state index contributed by atoms with van der Waals surface area (Å²) in [6.45, 7) is 2.57. The molecular formula is C21H25FN2O3S. The number of para-hydroxylation sites is 1. The number of nitrogens with one attached hydrogen (secondary N) is 1. The topological polar surface area (TPSA) is 66.5 Å². The zero-order chi connectivity index (χ0) is 20.1. The van der Waals surface area contributed by atoms with Crippen LogP contribution in [0.25, 0.3) is 0 Å². The normalized spacial score (nSPS) is 16.1. The molecule has 1 N–H and O–H groups in total. The van der Waals surface area contributed by atoms with Crippen LogP contribution in [0.2, 0.25) is 0 Å². The lowest BCUT2D eigenvalue weighted by atomic mass is 9.97. The number of piperidine rings is 1. The predicted octanol–water partition coefficient (Wildman–Crippen LogP) is 3.57. The summed E-state index contributed by atoms with van der Waals surface area (Å²) in [6, 6.07) is 13.6. The molecule has 1 heterocycles. The summed E-state index contributed by atoms with van der Waals surface area (Å²) in [7, 11) is -3.62. The first-order valence-corrected chi connectivity index (χ1v) is 11.1. The van der Waals surface area contributed by atoms with Crippen LogP contribution in [-0.4, -0.2) is 31.7 Å². The molecule has 5 nitrogen and oxygen atoms in total. The molecule has 1 saturated heterocycles. The van der Waals surface area contributed by atoms with E-state index in [0.29, 0.717) is 12.8 Å². The molecule has 0 bridgehead atoms. The van der Waals surface area contributed by atoms with Crippen molar-refractivity contribution in [3.8, 4) is 0 Å². The van der Waals surface area contributed by atoms with Crippen molar-refractivity contribution in [2.45, 2.75) is 31.9 Å². The average Bonchev–Trinajstić information content (AvgIpc) is 2.70. The number of hydrogen-bond acceptors (Lipinski definition) is 3. The molecule has 0 radical (unpaired) electrons. The van der Waals surface area contributed by atoms with Crippen molar-refractivity contribution in [3.05, 3.63) is 65.5 Å². The molecule has 28 heavy (non-hydrogen) atoms. The minimum Gasteiger partial charge on any atom is -0.326 e. The monoisotopic (exact) mass is 404 g/mol. The summed E-state index contributed by atoms with van der Waals surface area (Å²) in [4.78, 5) is 12.6. The second-order valence-electron chi connectivity index (χ2n) is 7.02. The maximum Gasteiger partial charge on any atom is 0.227 e. The third-order valence-corrected chi connectivity index (χ3v) is 7.00. The van der Waals surface area contributed by atoms with Gasteiger partial charge in [-0.25, -0.2) is 17.1 Å². The highest BCUT2D eigenvalue weighted by atomic mass is 32.2. The third-order valence-electron chi connectivity index (χ3n) is 5.17. The van der Waals surface area contributed by atoms with Gasteiger partial charge in [-0.3, -0.25) is 4.79 Å². The van der Waals surface area contributed by atoms with Gasteiger partial charge in [0.15, 0.2) is 0 Å². The number of anilines is 1. The first-order valence-electron chi connectivity index (χ1n) is 9.50. The van der Waals surface area contributed by atoms with Crippen LogP contribution in [0.1, 0.15) is 30.9 Å². The zero-order valence-electron chi connectivity index (χ0n) is 15.9. The van der Waals surface area contributed by atoms with Crippen molar-refractivity contribution in [1.29, 1.82) is 0 Å². The van der Waals surface area contributed by atoms with E-state index in [4.69, 9.17) is 0 Å². The summed E-state index contributed by atoms with van der Waals surface area (Å²) in [6.07, 6.45) is 1.73. The Labute approximate surface area is 165 Å². The first-order chi connectivity index (χ1) is 13.4. The molecule has 0 aliphatic carbocycles. The van der Waals surface area contributed by atoms with Gasteiger partial charge in [-0.05, 0) is 37.0 Å². The largest absolute Gasteiger partial charge is 0.326 e. The Balaban J connectivity index is 1.59. The number of carbonyl (C=O) groups excluding carboxylic acids is 1. The van der Waals surface area contributed by atoms with Crippen molar-refractivity contribution in [2.24, 2.45) is 5.92 Å². The van der Waals surface area contributed by atoms with Crippen molar-refractivity contribution >= 4 is 21.6 Å². The molecule has 0 atom stereocenters. The number of benzene rings is 2. The van der Waals surface area contributed by atoms with Crippen LogP contribution in [0.3, 0.4) is 0 Å². The highest BCUT2D eigenvalue weighted by Gasteiger charge is 2.31. The summed E-state index contributed by atoms with van der Waals surface area (Å²) in [5, 5.41) is 2.98. The van der Waals surface area contributed by atoms with Gasteiger partial charge in [0.05, 0.1) is 5.75 Å². The fourth-order valence-corrected chi connectivity index (χ4v) is 5.06. The second kappa shape index (κ2) is 8.84. The smallest absolute Gasteiger partial charge is 0.227 e. The van der Waals surface area contributed by atoms with E-state index in [1.165, 1.54) is 22.5 Å². The maximum atomic E-state index is 13.8. The molecule has 0 aromatic heterocycles. The van der Waals surface area contributed by atoms with Gasteiger partial charge in [0.2, 0.25) is 15.9 Å². The first kappa shape index (κ1) is 20.5. The SMILES string of the molecule is CCc1ccccc1NC(=O)C1CCN(S(=O)(=O)Cc2ccccc2F)CC1. The van der Waals surface area contributed by atoms with E-state index in [9.17, 15) is 17.6 Å². The van der Waals surface area contributed by atoms with E-state index in [0.717, 1.165) is 17.7 Å². The number of nitrogens with zero attached hydrogens (tertiary/aromatic N) is 1. The Morgan fingerprint density at radius 1 is 1.07 bits per heavy atom. The van der Waals surface area contributed by atoms with E-state index in [2.05, 4.69) is 5.32 Å². The Kier molecular flexibility index (Phi) is 6.46. The van der Waals surface area contributed by atoms with Gasteiger partial charge in [-0.2, -0.15) is 0 Å². The Morgan fingerprint density at radius 2 is 1.68 bits per heavy atom. The van der Waals surface area contributed by atoms with E-state index in [-0.39, 0.29) is 36.2 Å². The van der Waals surface area contributed by atoms with Crippen LogP contribution in [0.4, 0.5) is 10.1 Å². The molecule has 7 heteroatoms. The van der Waals surface area contributed by atoms with Crippen LogP contribution in [0.5, 0.6) is 0 Å². The summed E-state index contributed by atoms with van der Waals surface area (Å²) in [5.74, 6) is -1.19. The van der Waals surface area contributed by atoms with Gasteiger partial charge in [0, 0.05) is 30.3 Å². The molecule has 150 valence electrons. The quantitative estimate of drug-likeness (QED) is 0.800. The number of amides is 1. The van der Waals surface area contributed by atoms with E-state index >= 15 is 0 Å². The molecule has 0 spiro atoms. The van der Waals surface area contributed by atoms with Crippen LogP contribution in [-0.2, 0) is 27.0 Å². The molecule has 0 saturated carbocycles. The van der Waals surface area contributed by atoms with Gasteiger partial charge in [-0.15, -0.1) is 0 Å². The summed E-state index contributed by atoms with van der Waals surface area (Å²) < 4.78 is 40.4. The zero-order valence-corrected chi connectivity index (χ0v) is 16.7. The Hall–Kier alpha value is -2.25. The van der Waals surface area contributed by atoms with Gasteiger partial charge in [0.25, 0.3) is 0 Å². The van der Waals surface area contributed by atoms with E-state index < -0.39 is 15.8 Å². The van der Waals surface area contributed by atoms with Crippen LogP contribution < -0.4 is 5.32 Å². The van der Waals surface area contributed by atoms with Crippen molar-refractivity contribution in [3.63, 3.8) is 0 Å². The van der Waals surface area contributed by atoms with E-state index in [1.54, 1.807) is 6.07 Å². The molecule has 1 fully saturated rings. The Bertz CT molecular complexity index is 938. The standard InChI is InChI=1S/C21H25FN2O3S/c1-2-16-7-4-6-10-20(16)23-21(25)17-11-13-24(14-12-17)28(26,27)15-18-8-3-5-9-19(18)22/h3-10,17H,2,11-15H2,1H3,(H,23,25). The highest BCUT2D eigenvalue weighted by molar-refractivity contribution is 7.88. The number of aryl methyl sites for hydroxylation is 1. The lowest BCUT2D eigenvalue weighted by Gasteiger charge is -2.30. The molecule has 2 aromatic rings. The third kappa shape index (κ3) is 4.77. The molecular weight excluding hydrogens is 379 g/mol. The second-order valence-corrected chi connectivity index (χ2v) is 8.99. The fourth-order valence-electron chi connectivity index (χ4n) is 3.48. The number of sulfonamides is 1. The molecule has 1 aliphatic rings. The van der Waals surface area contributed by atoms with Gasteiger partial charge >= 0.3 is 0 Å². The number of rotatable bonds is 6. The number of hydrogen-bond donors (Lipinski definition) is 1. The lowest BCUT2D eigenvalue weighted by molar-refractivity contribution is -0.120. The predicted molar refractivity (Wildman–Crippen MR) is 108 cm³/mol. The molecule has 1 amide bonds. The molecule has 1 aliphatic heterocycles. The van der Waals surface area contributed by atoms with Crippen LogP contribution in [0.15, 0.2) is 48.5 Å². The number of carbonyl (C=O) groups is 1. The minimum atomic E-state index is -3.62. The van der Waals surface area contributed by atoms with Crippen molar-refractivity contribution < 1.29 is 17.6 Å². The highest BCUT2D eigenvalue weighted by Crippen LogP contribution is 2.24. The molecule has 3 rings (SSSR count). The van der Waals surface area contributed by atoms with Crippen LogP contribution >= 0.6 is 0 Å². The van der Waals surface area contributed by atoms with Gasteiger partial charge in [0.1, 0.15) is 5.82 Å². The number of halogens is 1. The van der Waals surface area contributed by atoms with E-state index in [1.807, 2.05) is 31.2 Å². The summed E-state index contributed by atoms with van der Waals surface area (Å²) >= 11 is 0. The molecule has 0 unspecified atom stereocenters.